The summed E-state index contributed by atoms with van der Waals surface area (Å²) in [5.41, 5.74) is 0.353. The first kappa shape index (κ1) is 13.2. The molecule has 0 unspecified atom stereocenters. The van der Waals surface area contributed by atoms with E-state index in [1.807, 2.05) is 6.92 Å². The summed E-state index contributed by atoms with van der Waals surface area (Å²) in [6.45, 7) is 9.74. The average Bonchev–Trinajstić information content (AvgIpc) is 2.16. The van der Waals surface area contributed by atoms with Gasteiger partial charge in [0.25, 0.3) is 0 Å². The molecule has 2 N–H and O–H groups in total. The predicted molar refractivity (Wildman–Crippen MR) is 67.0 cm³/mol. The quantitative estimate of drug-likeness (QED) is 0.769. The van der Waals surface area contributed by atoms with Crippen LogP contribution in [0.25, 0.3) is 0 Å². The van der Waals surface area contributed by atoms with Gasteiger partial charge in [0.1, 0.15) is 0 Å². The number of carbonyl (C=O) groups excluding carboxylic acids is 1. The van der Waals surface area contributed by atoms with Crippen LogP contribution < -0.4 is 10.6 Å². The maximum Gasteiger partial charge on any atom is 0.244 e. The van der Waals surface area contributed by atoms with E-state index in [0.717, 1.165) is 31.4 Å². The Labute approximate surface area is 98.7 Å². The highest BCUT2D eigenvalue weighted by Crippen LogP contribution is 2.29. The maximum atomic E-state index is 12.2. The Bertz CT molecular complexity index is 265. The van der Waals surface area contributed by atoms with Gasteiger partial charge >= 0.3 is 0 Å². The number of hydrogen-bond donors (Lipinski definition) is 2. The van der Waals surface area contributed by atoms with Crippen molar-refractivity contribution in [3.8, 4) is 0 Å². The Morgan fingerprint density at radius 2 is 1.81 bits per heavy atom. The lowest BCUT2D eigenvalue weighted by molar-refractivity contribution is -0.128. The highest BCUT2D eigenvalue weighted by molar-refractivity contribution is 5.87. The first-order valence-electron chi connectivity index (χ1n) is 6.21. The van der Waals surface area contributed by atoms with Gasteiger partial charge in [0.15, 0.2) is 0 Å². The highest BCUT2D eigenvalue weighted by Gasteiger charge is 2.39. The van der Waals surface area contributed by atoms with Crippen molar-refractivity contribution in [2.75, 3.05) is 0 Å². The van der Waals surface area contributed by atoms with Gasteiger partial charge in [-0.15, -0.1) is 0 Å². The SMILES string of the molecule is C=C(C)NC(=O)C1(NC(C)C)CCCCC1. The fraction of sp³-hybridized carbons (Fsp3) is 0.769. The van der Waals surface area contributed by atoms with Gasteiger partial charge in [-0.25, -0.2) is 0 Å². The lowest BCUT2D eigenvalue weighted by Gasteiger charge is -2.38. The lowest BCUT2D eigenvalue weighted by Crippen LogP contribution is -2.59. The summed E-state index contributed by atoms with van der Waals surface area (Å²) >= 11 is 0. The molecule has 1 amide bonds. The van der Waals surface area contributed by atoms with E-state index in [2.05, 4.69) is 31.1 Å². The molecule has 0 spiro atoms. The molecular formula is C13H24N2O. The predicted octanol–water partition coefficient (Wildman–Crippen LogP) is 2.34. The molecular weight excluding hydrogens is 200 g/mol. The summed E-state index contributed by atoms with van der Waals surface area (Å²) < 4.78 is 0. The van der Waals surface area contributed by atoms with E-state index < -0.39 is 0 Å². The molecule has 0 atom stereocenters. The van der Waals surface area contributed by atoms with E-state index in [9.17, 15) is 4.79 Å². The van der Waals surface area contributed by atoms with Crippen molar-refractivity contribution in [3.63, 3.8) is 0 Å². The van der Waals surface area contributed by atoms with Crippen LogP contribution in [0.2, 0.25) is 0 Å². The average molecular weight is 224 g/mol. The molecule has 3 heteroatoms. The largest absolute Gasteiger partial charge is 0.329 e. The zero-order valence-electron chi connectivity index (χ0n) is 10.7. The Morgan fingerprint density at radius 3 is 2.25 bits per heavy atom. The van der Waals surface area contributed by atoms with Crippen LogP contribution in [0.4, 0.5) is 0 Å². The van der Waals surface area contributed by atoms with Gasteiger partial charge in [0.2, 0.25) is 5.91 Å². The van der Waals surface area contributed by atoms with Crippen LogP contribution in [0.1, 0.15) is 52.9 Å². The van der Waals surface area contributed by atoms with Crippen molar-refractivity contribution in [2.45, 2.75) is 64.5 Å². The van der Waals surface area contributed by atoms with E-state index in [1.165, 1.54) is 6.42 Å². The van der Waals surface area contributed by atoms with E-state index in [4.69, 9.17) is 0 Å². The van der Waals surface area contributed by atoms with Gasteiger partial charge < -0.3 is 10.6 Å². The lowest BCUT2D eigenvalue weighted by atomic mass is 9.80. The molecule has 0 aromatic rings. The number of carbonyl (C=O) groups is 1. The van der Waals surface area contributed by atoms with Gasteiger partial charge in [-0.3, -0.25) is 4.79 Å². The molecule has 1 fully saturated rings. The summed E-state index contributed by atoms with van der Waals surface area (Å²) in [5.74, 6) is 0.0911. The minimum Gasteiger partial charge on any atom is -0.329 e. The van der Waals surface area contributed by atoms with Crippen molar-refractivity contribution in [2.24, 2.45) is 0 Å². The maximum absolute atomic E-state index is 12.2. The summed E-state index contributed by atoms with van der Waals surface area (Å²) in [6, 6.07) is 0.328. The normalized spacial score (nSPS) is 19.5. The summed E-state index contributed by atoms with van der Waals surface area (Å²) in [7, 11) is 0. The molecule has 0 radical (unpaired) electrons. The first-order valence-corrected chi connectivity index (χ1v) is 6.21. The minimum absolute atomic E-state index is 0.0911. The van der Waals surface area contributed by atoms with Crippen LogP contribution in [-0.2, 0) is 4.79 Å². The Kier molecular flexibility index (Phi) is 4.54. The number of nitrogens with one attached hydrogen (secondary N) is 2. The van der Waals surface area contributed by atoms with Gasteiger partial charge in [0.05, 0.1) is 5.54 Å². The molecule has 1 rings (SSSR count). The number of rotatable bonds is 4. The third kappa shape index (κ3) is 3.34. The minimum atomic E-state index is -0.370. The molecule has 0 bridgehead atoms. The van der Waals surface area contributed by atoms with Gasteiger partial charge in [-0.2, -0.15) is 0 Å². The summed E-state index contributed by atoms with van der Waals surface area (Å²) in [6.07, 6.45) is 5.36. The summed E-state index contributed by atoms with van der Waals surface area (Å²) in [5, 5.41) is 6.31. The van der Waals surface area contributed by atoms with Crippen LogP contribution in [0.15, 0.2) is 12.3 Å². The Hall–Kier alpha value is -0.830. The molecule has 0 saturated heterocycles. The second-order valence-corrected chi connectivity index (χ2v) is 5.18. The van der Waals surface area contributed by atoms with Gasteiger partial charge in [0, 0.05) is 11.7 Å². The number of allylic oxidation sites excluding steroid dienone is 1. The van der Waals surface area contributed by atoms with E-state index in [1.54, 1.807) is 0 Å². The van der Waals surface area contributed by atoms with E-state index in [0.29, 0.717) is 6.04 Å². The first-order chi connectivity index (χ1) is 7.46. The smallest absolute Gasteiger partial charge is 0.244 e. The molecule has 1 aliphatic rings. The third-order valence-corrected chi connectivity index (χ3v) is 3.03. The van der Waals surface area contributed by atoms with E-state index in [-0.39, 0.29) is 11.4 Å². The molecule has 0 heterocycles. The number of hydrogen-bond acceptors (Lipinski definition) is 2. The van der Waals surface area contributed by atoms with Crippen LogP contribution in [0, 0.1) is 0 Å². The zero-order valence-corrected chi connectivity index (χ0v) is 10.7. The van der Waals surface area contributed by atoms with Crippen LogP contribution in [0.5, 0.6) is 0 Å². The highest BCUT2D eigenvalue weighted by atomic mass is 16.2. The second kappa shape index (κ2) is 5.48. The topological polar surface area (TPSA) is 41.1 Å². The number of amides is 1. The standard InChI is InChI=1S/C13H24N2O/c1-10(2)14-12(16)13(15-11(3)4)8-6-5-7-9-13/h11,15H,1,5-9H2,2-4H3,(H,14,16). The molecule has 1 aliphatic carbocycles. The molecule has 0 aliphatic heterocycles. The zero-order chi connectivity index (χ0) is 12.2. The van der Waals surface area contributed by atoms with Crippen molar-refractivity contribution < 1.29 is 4.79 Å². The molecule has 3 nitrogen and oxygen atoms in total. The van der Waals surface area contributed by atoms with Gasteiger partial charge in [-0.05, 0) is 33.6 Å². The molecule has 1 saturated carbocycles. The monoisotopic (exact) mass is 224 g/mol. The Morgan fingerprint density at radius 1 is 1.25 bits per heavy atom. The summed E-state index contributed by atoms with van der Waals surface area (Å²) in [4.78, 5) is 12.2. The molecule has 16 heavy (non-hydrogen) atoms. The second-order valence-electron chi connectivity index (χ2n) is 5.18. The molecule has 0 aromatic heterocycles. The van der Waals surface area contributed by atoms with Crippen molar-refractivity contribution in [1.82, 2.24) is 10.6 Å². The van der Waals surface area contributed by atoms with Crippen molar-refractivity contribution >= 4 is 5.91 Å². The van der Waals surface area contributed by atoms with E-state index >= 15 is 0 Å². The molecule has 92 valence electrons. The van der Waals surface area contributed by atoms with Crippen molar-refractivity contribution in [1.29, 1.82) is 0 Å². The third-order valence-electron chi connectivity index (χ3n) is 3.03. The van der Waals surface area contributed by atoms with Crippen LogP contribution in [0.3, 0.4) is 0 Å². The van der Waals surface area contributed by atoms with Crippen LogP contribution in [-0.4, -0.2) is 17.5 Å². The van der Waals surface area contributed by atoms with Crippen molar-refractivity contribution in [3.05, 3.63) is 12.3 Å². The van der Waals surface area contributed by atoms with Crippen LogP contribution >= 0.6 is 0 Å². The Balaban J connectivity index is 2.76. The van der Waals surface area contributed by atoms with Gasteiger partial charge in [-0.1, -0.05) is 25.8 Å². The fourth-order valence-corrected chi connectivity index (χ4v) is 2.46. The molecule has 0 aromatic carbocycles. The fourth-order valence-electron chi connectivity index (χ4n) is 2.46.